The molecule has 1 atom stereocenters. The number of ketones is 1. The van der Waals surface area contributed by atoms with Crippen LogP contribution in [0.5, 0.6) is 5.75 Å². The van der Waals surface area contributed by atoms with Crippen molar-refractivity contribution in [3.63, 3.8) is 0 Å². The monoisotopic (exact) mass is 235 g/mol. The number of nitrogens with one attached hydrogen (secondary N) is 1. The van der Waals surface area contributed by atoms with Gasteiger partial charge in [-0.2, -0.15) is 0 Å². The first-order valence-electron chi connectivity index (χ1n) is 5.45. The third kappa shape index (κ3) is 4.26. The van der Waals surface area contributed by atoms with Gasteiger partial charge < -0.3 is 10.1 Å². The van der Waals surface area contributed by atoms with Gasteiger partial charge in [-0.15, -0.1) is 0 Å². The molecule has 0 bridgehead atoms. The zero-order valence-electron chi connectivity index (χ0n) is 10.3. The van der Waals surface area contributed by atoms with Gasteiger partial charge in [-0.3, -0.25) is 9.59 Å². The Balaban J connectivity index is 2.53. The van der Waals surface area contributed by atoms with Crippen LogP contribution in [0.25, 0.3) is 0 Å². The number of ether oxygens (including phenoxy) is 1. The van der Waals surface area contributed by atoms with Gasteiger partial charge in [0.2, 0.25) is 5.91 Å². The van der Waals surface area contributed by atoms with Gasteiger partial charge in [-0.25, -0.2) is 0 Å². The van der Waals surface area contributed by atoms with Crippen LogP contribution >= 0.6 is 0 Å². The Morgan fingerprint density at radius 3 is 2.35 bits per heavy atom. The zero-order valence-corrected chi connectivity index (χ0v) is 10.3. The van der Waals surface area contributed by atoms with Crippen LogP contribution in [0, 0.1) is 0 Å². The number of hydrogen-bond acceptors (Lipinski definition) is 3. The van der Waals surface area contributed by atoms with E-state index in [1.54, 1.807) is 26.2 Å². The van der Waals surface area contributed by atoms with Gasteiger partial charge in [0, 0.05) is 0 Å². The number of amides is 1. The summed E-state index contributed by atoms with van der Waals surface area (Å²) in [5.74, 6) is 0.553. The fraction of sp³-hybridized carbons (Fsp3) is 0.385. The number of carbonyl (C=O) groups is 2. The lowest BCUT2D eigenvalue weighted by Crippen LogP contribution is -2.38. The predicted octanol–water partition coefficient (Wildman–Crippen LogP) is 1.33. The topological polar surface area (TPSA) is 55.4 Å². The van der Waals surface area contributed by atoms with Gasteiger partial charge in [-0.1, -0.05) is 12.1 Å². The molecule has 1 aromatic carbocycles. The molecule has 17 heavy (non-hydrogen) atoms. The first-order valence-corrected chi connectivity index (χ1v) is 5.45. The molecule has 0 radical (unpaired) electrons. The molecule has 0 aliphatic heterocycles. The van der Waals surface area contributed by atoms with Crippen LogP contribution in [0.1, 0.15) is 19.4 Å². The van der Waals surface area contributed by atoms with Crippen molar-refractivity contribution in [3.05, 3.63) is 29.8 Å². The standard InChI is InChI=1S/C13H17NO3/c1-9(10(2)15)14-13(16)8-11-4-6-12(17-3)7-5-11/h4-7,9H,8H2,1-3H3,(H,14,16). The highest BCUT2D eigenvalue weighted by Gasteiger charge is 2.11. The fourth-order valence-corrected chi connectivity index (χ4v) is 1.32. The molecule has 0 heterocycles. The smallest absolute Gasteiger partial charge is 0.224 e. The highest BCUT2D eigenvalue weighted by molar-refractivity contribution is 5.87. The van der Waals surface area contributed by atoms with E-state index in [0.717, 1.165) is 11.3 Å². The molecular weight excluding hydrogens is 218 g/mol. The van der Waals surface area contributed by atoms with Gasteiger partial charge in [0.05, 0.1) is 19.6 Å². The average molecular weight is 235 g/mol. The van der Waals surface area contributed by atoms with Crippen molar-refractivity contribution in [3.8, 4) is 5.75 Å². The number of Topliss-reactive ketones (excluding diaryl/α,β-unsaturated/α-hetero) is 1. The van der Waals surface area contributed by atoms with Crippen LogP contribution in [0.15, 0.2) is 24.3 Å². The summed E-state index contributed by atoms with van der Waals surface area (Å²) in [6, 6.07) is 6.84. The normalized spacial score (nSPS) is 11.7. The molecule has 1 rings (SSSR count). The second-order valence-electron chi connectivity index (χ2n) is 3.92. The summed E-state index contributed by atoms with van der Waals surface area (Å²) in [5, 5.41) is 2.64. The number of rotatable bonds is 5. The molecule has 0 spiro atoms. The van der Waals surface area contributed by atoms with E-state index < -0.39 is 6.04 Å². The van der Waals surface area contributed by atoms with Crippen molar-refractivity contribution in [2.24, 2.45) is 0 Å². The molecule has 0 aliphatic rings. The van der Waals surface area contributed by atoms with Crippen molar-refractivity contribution < 1.29 is 14.3 Å². The van der Waals surface area contributed by atoms with E-state index in [9.17, 15) is 9.59 Å². The molecule has 1 amide bonds. The largest absolute Gasteiger partial charge is 0.497 e. The predicted molar refractivity (Wildman–Crippen MR) is 65.0 cm³/mol. The summed E-state index contributed by atoms with van der Waals surface area (Å²) in [6.07, 6.45) is 0.265. The van der Waals surface area contributed by atoms with Crippen LogP contribution in [0.4, 0.5) is 0 Å². The Morgan fingerprint density at radius 2 is 1.88 bits per heavy atom. The minimum atomic E-state index is -0.430. The van der Waals surface area contributed by atoms with Crippen molar-refractivity contribution in [2.45, 2.75) is 26.3 Å². The van der Waals surface area contributed by atoms with Crippen LogP contribution in [0.3, 0.4) is 0 Å². The summed E-state index contributed by atoms with van der Waals surface area (Å²) in [6.45, 7) is 3.13. The second kappa shape index (κ2) is 6.03. The van der Waals surface area contributed by atoms with E-state index in [-0.39, 0.29) is 18.1 Å². The number of hydrogen-bond donors (Lipinski definition) is 1. The van der Waals surface area contributed by atoms with Gasteiger partial charge >= 0.3 is 0 Å². The minimum Gasteiger partial charge on any atom is -0.497 e. The highest BCUT2D eigenvalue weighted by Crippen LogP contribution is 2.11. The van der Waals surface area contributed by atoms with E-state index in [2.05, 4.69) is 5.32 Å². The summed E-state index contributed by atoms with van der Waals surface area (Å²) in [5.41, 5.74) is 0.888. The summed E-state index contributed by atoms with van der Waals surface area (Å²) in [4.78, 5) is 22.6. The van der Waals surface area contributed by atoms with Gasteiger partial charge in [0.15, 0.2) is 5.78 Å². The summed E-state index contributed by atoms with van der Waals surface area (Å²) in [7, 11) is 1.59. The Morgan fingerprint density at radius 1 is 1.29 bits per heavy atom. The van der Waals surface area contributed by atoms with Gasteiger partial charge in [0.1, 0.15) is 5.75 Å². The maximum atomic E-state index is 11.6. The highest BCUT2D eigenvalue weighted by atomic mass is 16.5. The molecule has 0 aliphatic carbocycles. The number of carbonyl (C=O) groups excluding carboxylic acids is 2. The maximum Gasteiger partial charge on any atom is 0.224 e. The molecule has 0 aromatic heterocycles. The molecule has 0 fully saturated rings. The minimum absolute atomic E-state index is 0.0481. The lowest BCUT2D eigenvalue weighted by molar-refractivity contribution is -0.126. The molecule has 4 heteroatoms. The summed E-state index contributed by atoms with van der Waals surface area (Å²) >= 11 is 0. The Hall–Kier alpha value is -1.84. The lowest BCUT2D eigenvalue weighted by Gasteiger charge is -2.10. The van der Waals surface area contributed by atoms with E-state index in [1.165, 1.54) is 6.92 Å². The maximum absolute atomic E-state index is 11.6. The van der Waals surface area contributed by atoms with E-state index in [0.29, 0.717) is 0 Å². The third-order valence-electron chi connectivity index (χ3n) is 2.51. The number of methoxy groups -OCH3 is 1. The number of benzene rings is 1. The van der Waals surface area contributed by atoms with Crippen LogP contribution in [-0.2, 0) is 16.0 Å². The van der Waals surface area contributed by atoms with Gasteiger partial charge in [0.25, 0.3) is 0 Å². The first-order chi connectivity index (χ1) is 8.02. The lowest BCUT2D eigenvalue weighted by atomic mass is 10.1. The van der Waals surface area contributed by atoms with E-state index >= 15 is 0 Å². The molecule has 92 valence electrons. The third-order valence-corrected chi connectivity index (χ3v) is 2.51. The zero-order chi connectivity index (χ0) is 12.8. The molecule has 4 nitrogen and oxygen atoms in total. The van der Waals surface area contributed by atoms with Crippen molar-refractivity contribution in [1.29, 1.82) is 0 Å². The molecule has 0 saturated heterocycles. The van der Waals surface area contributed by atoms with Crippen LogP contribution < -0.4 is 10.1 Å². The Kier molecular flexibility index (Phi) is 4.69. The van der Waals surface area contributed by atoms with Crippen LogP contribution in [0.2, 0.25) is 0 Å². The molecule has 1 N–H and O–H groups in total. The molecule has 0 saturated carbocycles. The average Bonchev–Trinajstić information content (AvgIpc) is 2.29. The second-order valence-corrected chi connectivity index (χ2v) is 3.92. The van der Waals surface area contributed by atoms with Gasteiger partial charge in [-0.05, 0) is 31.5 Å². The van der Waals surface area contributed by atoms with E-state index in [1.807, 2.05) is 12.1 Å². The van der Waals surface area contributed by atoms with Crippen molar-refractivity contribution in [2.75, 3.05) is 7.11 Å². The summed E-state index contributed by atoms with van der Waals surface area (Å²) < 4.78 is 5.02. The quantitative estimate of drug-likeness (QED) is 0.837. The van der Waals surface area contributed by atoms with E-state index in [4.69, 9.17) is 4.74 Å². The first kappa shape index (κ1) is 13.2. The Bertz CT molecular complexity index is 398. The Labute approximate surface area is 101 Å². The van der Waals surface area contributed by atoms with Crippen molar-refractivity contribution in [1.82, 2.24) is 5.32 Å². The molecular formula is C13H17NO3. The fourth-order valence-electron chi connectivity index (χ4n) is 1.32. The van der Waals surface area contributed by atoms with Crippen molar-refractivity contribution >= 4 is 11.7 Å². The van der Waals surface area contributed by atoms with Crippen LogP contribution in [-0.4, -0.2) is 24.8 Å². The molecule has 1 unspecified atom stereocenters. The molecule has 1 aromatic rings. The SMILES string of the molecule is COc1ccc(CC(=O)NC(C)C(C)=O)cc1.